The topological polar surface area (TPSA) is 72.5 Å². The number of H-pyrrole nitrogens is 1. The third-order valence-corrected chi connectivity index (χ3v) is 3.96. The Morgan fingerprint density at radius 2 is 2.28 bits per heavy atom. The first-order chi connectivity index (χ1) is 8.83. The van der Waals surface area contributed by atoms with Gasteiger partial charge in [-0.15, -0.1) is 0 Å². The van der Waals surface area contributed by atoms with E-state index in [9.17, 15) is 0 Å². The number of nitrogens with two attached hydrogens (primary N) is 1. The van der Waals surface area contributed by atoms with Crippen molar-refractivity contribution in [1.82, 2.24) is 19.5 Å². The molecule has 0 spiro atoms. The number of pyridine rings is 1. The van der Waals surface area contributed by atoms with Gasteiger partial charge in [0.1, 0.15) is 11.2 Å². The highest BCUT2D eigenvalue weighted by Crippen LogP contribution is 2.33. The summed E-state index contributed by atoms with van der Waals surface area (Å²) < 4.78 is 2.28. The summed E-state index contributed by atoms with van der Waals surface area (Å²) in [6.45, 7) is 0. The molecule has 0 unspecified atom stereocenters. The molecule has 0 bridgehead atoms. The van der Waals surface area contributed by atoms with Gasteiger partial charge in [-0.3, -0.25) is 0 Å². The molecular formula is C13H15N5. The summed E-state index contributed by atoms with van der Waals surface area (Å²) in [6, 6.07) is 2.87. The SMILES string of the molecule is N[C@H]1CC[C@H](n2cnc3cnc4[nH]ccc4c32)C1. The fourth-order valence-electron chi connectivity index (χ4n) is 3.05. The second-order valence-electron chi connectivity index (χ2n) is 5.11. The lowest BCUT2D eigenvalue weighted by molar-refractivity contribution is 0.523. The largest absolute Gasteiger partial charge is 0.346 e. The fraction of sp³-hybridized carbons (Fsp3) is 0.385. The van der Waals surface area contributed by atoms with Gasteiger partial charge >= 0.3 is 0 Å². The molecule has 3 aromatic rings. The van der Waals surface area contributed by atoms with E-state index in [2.05, 4.69) is 25.6 Å². The van der Waals surface area contributed by atoms with Crippen molar-refractivity contribution in [3.8, 4) is 0 Å². The van der Waals surface area contributed by atoms with Crippen molar-refractivity contribution in [3.05, 3.63) is 24.8 Å². The molecule has 1 saturated carbocycles. The van der Waals surface area contributed by atoms with Crippen LogP contribution in [-0.2, 0) is 0 Å². The number of rotatable bonds is 1. The van der Waals surface area contributed by atoms with Gasteiger partial charge in [0.05, 0.1) is 18.0 Å². The van der Waals surface area contributed by atoms with Crippen molar-refractivity contribution in [3.63, 3.8) is 0 Å². The maximum atomic E-state index is 6.02. The minimum absolute atomic E-state index is 0.330. The number of aromatic amines is 1. The summed E-state index contributed by atoms with van der Waals surface area (Å²) in [4.78, 5) is 12.0. The monoisotopic (exact) mass is 241 g/mol. The van der Waals surface area contributed by atoms with Crippen LogP contribution in [0.2, 0.25) is 0 Å². The lowest BCUT2D eigenvalue weighted by atomic mass is 10.2. The molecule has 2 atom stereocenters. The lowest BCUT2D eigenvalue weighted by Crippen LogP contribution is -2.15. The van der Waals surface area contributed by atoms with Crippen molar-refractivity contribution >= 4 is 22.1 Å². The van der Waals surface area contributed by atoms with E-state index < -0.39 is 0 Å². The molecule has 3 N–H and O–H groups in total. The quantitative estimate of drug-likeness (QED) is 0.684. The minimum atomic E-state index is 0.330. The van der Waals surface area contributed by atoms with Crippen molar-refractivity contribution in [2.45, 2.75) is 31.3 Å². The van der Waals surface area contributed by atoms with Gasteiger partial charge in [0.15, 0.2) is 0 Å². The van der Waals surface area contributed by atoms with Crippen molar-refractivity contribution in [1.29, 1.82) is 0 Å². The molecule has 18 heavy (non-hydrogen) atoms. The number of imidazole rings is 1. The van der Waals surface area contributed by atoms with Crippen LogP contribution < -0.4 is 5.73 Å². The summed E-state index contributed by atoms with van der Waals surface area (Å²) in [7, 11) is 0. The molecule has 5 nitrogen and oxygen atoms in total. The average Bonchev–Trinajstić information content (AvgIpc) is 3.03. The molecule has 92 valence electrons. The average molecular weight is 241 g/mol. The molecule has 1 fully saturated rings. The molecule has 1 aliphatic rings. The van der Waals surface area contributed by atoms with E-state index in [1.807, 2.05) is 18.7 Å². The Kier molecular flexibility index (Phi) is 1.99. The van der Waals surface area contributed by atoms with Gasteiger partial charge in [-0.05, 0) is 25.3 Å². The van der Waals surface area contributed by atoms with E-state index in [-0.39, 0.29) is 0 Å². The summed E-state index contributed by atoms with van der Waals surface area (Å²) in [6.07, 6.45) is 8.97. The van der Waals surface area contributed by atoms with Crippen LogP contribution in [0.1, 0.15) is 25.3 Å². The van der Waals surface area contributed by atoms with Crippen LogP contribution in [0.5, 0.6) is 0 Å². The second kappa shape index (κ2) is 3.55. The Labute approximate surface area is 104 Å². The molecule has 0 radical (unpaired) electrons. The van der Waals surface area contributed by atoms with E-state index >= 15 is 0 Å². The molecule has 5 heteroatoms. The predicted molar refractivity (Wildman–Crippen MR) is 70.2 cm³/mol. The van der Waals surface area contributed by atoms with Crippen LogP contribution in [-0.4, -0.2) is 25.6 Å². The van der Waals surface area contributed by atoms with Gasteiger partial charge < -0.3 is 15.3 Å². The van der Waals surface area contributed by atoms with Crippen molar-refractivity contribution in [2.75, 3.05) is 0 Å². The normalized spacial score (nSPS) is 24.3. The zero-order valence-electron chi connectivity index (χ0n) is 10.0. The maximum absolute atomic E-state index is 6.02. The van der Waals surface area contributed by atoms with Gasteiger partial charge in [0.25, 0.3) is 0 Å². The van der Waals surface area contributed by atoms with Crippen LogP contribution in [0.15, 0.2) is 24.8 Å². The third-order valence-electron chi connectivity index (χ3n) is 3.96. The molecule has 0 aliphatic heterocycles. The molecule has 0 saturated heterocycles. The molecule has 0 amide bonds. The smallest absolute Gasteiger partial charge is 0.139 e. The number of nitrogens with one attached hydrogen (secondary N) is 1. The molecule has 3 heterocycles. The van der Waals surface area contributed by atoms with E-state index in [1.165, 1.54) is 5.52 Å². The van der Waals surface area contributed by atoms with Crippen LogP contribution in [0.4, 0.5) is 0 Å². The minimum Gasteiger partial charge on any atom is -0.346 e. The Balaban J connectivity index is 1.97. The second-order valence-corrected chi connectivity index (χ2v) is 5.11. The van der Waals surface area contributed by atoms with Crippen LogP contribution in [0.3, 0.4) is 0 Å². The Morgan fingerprint density at radius 3 is 3.11 bits per heavy atom. The van der Waals surface area contributed by atoms with Gasteiger partial charge in [0.2, 0.25) is 0 Å². The maximum Gasteiger partial charge on any atom is 0.139 e. The Morgan fingerprint density at radius 1 is 1.33 bits per heavy atom. The van der Waals surface area contributed by atoms with Crippen LogP contribution >= 0.6 is 0 Å². The summed E-state index contributed by atoms with van der Waals surface area (Å²) in [5.74, 6) is 0. The van der Waals surface area contributed by atoms with Crippen LogP contribution in [0.25, 0.3) is 22.1 Å². The number of fused-ring (bicyclic) bond motifs is 3. The third kappa shape index (κ3) is 1.31. The van der Waals surface area contributed by atoms with Crippen molar-refractivity contribution in [2.24, 2.45) is 5.73 Å². The molecule has 1 aliphatic carbocycles. The van der Waals surface area contributed by atoms with E-state index in [0.29, 0.717) is 12.1 Å². The van der Waals surface area contributed by atoms with Gasteiger partial charge in [0, 0.05) is 23.7 Å². The first-order valence-electron chi connectivity index (χ1n) is 6.37. The highest BCUT2D eigenvalue weighted by atomic mass is 15.1. The van der Waals surface area contributed by atoms with E-state index in [1.54, 1.807) is 0 Å². The Bertz CT molecular complexity index is 710. The summed E-state index contributed by atoms with van der Waals surface area (Å²) in [5.41, 5.74) is 9.08. The first kappa shape index (κ1) is 10.1. The standard InChI is InChI=1S/C13H15N5/c14-8-1-2-9(5-8)18-7-17-11-6-16-13-10(12(11)18)3-4-15-13/h3-4,6-9H,1-2,5,14H2,(H,15,16)/t8-,9-/m0/s1. The summed E-state index contributed by atoms with van der Waals surface area (Å²) >= 11 is 0. The number of hydrogen-bond acceptors (Lipinski definition) is 3. The summed E-state index contributed by atoms with van der Waals surface area (Å²) in [5, 5.41) is 1.14. The van der Waals surface area contributed by atoms with E-state index in [0.717, 1.165) is 35.8 Å². The highest BCUT2D eigenvalue weighted by Gasteiger charge is 2.25. The van der Waals surface area contributed by atoms with Gasteiger partial charge in [-0.2, -0.15) is 0 Å². The Hall–Kier alpha value is -1.88. The van der Waals surface area contributed by atoms with Crippen LogP contribution in [0, 0.1) is 0 Å². The zero-order chi connectivity index (χ0) is 12.1. The van der Waals surface area contributed by atoms with E-state index in [4.69, 9.17) is 5.73 Å². The fourth-order valence-corrected chi connectivity index (χ4v) is 3.05. The molecule has 3 aromatic heterocycles. The number of hydrogen-bond donors (Lipinski definition) is 2. The predicted octanol–water partition coefficient (Wildman–Crippen LogP) is 1.96. The first-order valence-corrected chi connectivity index (χ1v) is 6.37. The lowest BCUT2D eigenvalue weighted by Gasteiger charge is -2.13. The number of nitrogens with zero attached hydrogens (tertiary/aromatic N) is 3. The number of aromatic nitrogens is 4. The van der Waals surface area contributed by atoms with Gasteiger partial charge in [-0.1, -0.05) is 0 Å². The molecule has 0 aromatic carbocycles. The van der Waals surface area contributed by atoms with Crippen molar-refractivity contribution < 1.29 is 0 Å². The molecular weight excluding hydrogens is 226 g/mol. The van der Waals surface area contributed by atoms with Gasteiger partial charge in [-0.25, -0.2) is 9.97 Å². The molecule has 4 rings (SSSR count). The zero-order valence-corrected chi connectivity index (χ0v) is 10.0. The highest BCUT2D eigenvalue weighted by molar-refractivity contribution is 6.00.